The van der Waals surface area contributed by atoms with Crippen LogP contribution >= 0.6 is 0 Å². The Bertz CT molecular complexity index is 361. The molecule has 0 amide bonds. The van der Waals surface area contributed by atoms with Crippen LogP contribution in [0.15, 0.2) is 0 Å². The van der Waals surface area contributed by atoms with Crippen LogP contribution in [0.4, 0.5) is 0 Å². The average Bonchev–Trinajstić information content (AvgIpc) is 2.72. The molecule has 0 spiro atoms. The van der Waals surface area contributed by atoms with Gasteiger partial charge in [0.15, 0.2) is 0 Å². The van der Waals surface area contributed by atoms with Crippen LogP contribution in [0.3, 0.4) is 0 Å². The number of carbonyl (C=O) groups excluding carboxylic acids is 1. The summed E-state index contributed by atoms with van der Waals surface area (Å²) in [4.78, 5) is 14.3. The van der Waals surface area contributed by atoms with E-state index in [4.69, 9.17) is 4.74 Å². The molecule has 1 N–H and O–H groups in total. The van der Waals surface area contributed by atoms with Crippen molar-refractivity contribution in [2.45, 2.75) is 117 Å². The minimum atomic E-state index is 0.0112. The first-order chi connectivity index (χ1) is 14.6. The zero-order valence-corrected chi connectivity index (χ0v) is 21.0. The van der Waals surface area contributed by atoms with Gasteiger partial charge >= 0.3 is 5.97 Å². The maximum absolute atomic E-state index is 12.1. The Morgan fingerprint density at radius 1 is 0.767 bits per heavy atom. The Labute approximate surface area is 188 Å². The van der Waals surface area contributed by atoms with Gasteiger partial charge in [0.2, 0.25) is 0 Å². The van der Waals surface area contributed by atoms with Crippen LogP contribution in [-0.4, -0.2) is 51.2 Å². The molecule has 0 saturated carbocycles. The first kappa shape index (κ1) is 29.4. The van der Waals surface area contributed by atoms with Gasteiger partial charge in [-0.05, 0) is 52.2 Å². The zero-order valence-electron chi connectivity index (χ0n) is 21.0. The van der Waals surface area contributed by atoms with Gasteiger partial charge in [0.25, 0.3) is 0 Å². The number of nitrogens with zero attached hydrogens (tertiary/aromatic N) is 1. The van der Waals surface area contributed by atoms with Crippen molar-refractivity contribution in [3.63, 3.8) is 0 Å². The van der Waals surface area contributed by atoms with Crippen LogP contribution in [0.2, 0.25) is 0 Å². The van der Waals surface area contributed by atoms with Gasteiger partial charge in [0.1, 0.15) is 0 Å². The molecule has 1 atom stereocenters. The molecule has 1 unspecified atom stereocenters. The van der Waals surface area contributed by atoms with Gasteiger partial charge in [-0.1, -0.05) is 84.5 Å². The van der Waals surface area contributed by atoms with Crippen molar-refractivity contribution in [2.24, 2.45) is 5.92 Å². The second kappa shape index (κ2) is 23.1. The molecule has 0 aromatic carbocycles. The molecule has 30 heavy (non-hydrogen) atoms. The van der Waals surface area contributed by atoms with Gasteiger partial charge in [0.05, 0.1) is 6.61 Å². The number of ether oxygens (including phenoxy) is 1. The van der Waals surface area contributed by atoms with Crippen molar-refractivity contribution in [3.8, 4) is 0 Å². The highest BCUT2D eigenvalue weighted by molar-refractivity contribution is 5.69. The Hall–Kier alpha value is -0.610. The molecule has 0 aliphatic heterocycles. The fraction of sp³-hybridized carbons (Fsp3) is 0.962. The number of hydrogen-bond donors (Lipinski definition) is 1. The van der Waals surface area contributed by atoms with Crippen molar-refractivity contribution in [2.75, 3.05) is 40.3 Å². The lowest BCUT2D eigenvalue weighted by atomic mass is 9.95. The molecular weight excluding hydrogens is 372 g/mol. The fourth-order valence-corrected chi connectivity index (χ4v) is 3.79. The van der Waals surface area contributed by atoms with E-state index in [-0.39, 0.29) is 5.97 Å². The summed E-state index contributed by atoms with van der Waals surface area (Å²) < 4.78 is 5.67. The van der Waals surface area contributed by atoms with Gasteiger partial charge in [0, 0.05) is 19.5 Å². The Morgan fingerprint density at radius 2 is 1.33 bits per heavy atom. The maximum atomic E-state index is 12.1. The van der Waals surface area contributed by atoms with Crippen molar-refractivity contribution in [1.82, 2.24) is 10.2 Å². The Balaban J connectivity index is 3.85. The summed E-state index contributed by atoms with van der Waals surface area (Å²) in [5, 5.41) is 3.45. The van der Waals surface area contributed by atoms with Crippen molar-refractivity contribution < 1.29 is 9.53 Å². The fourth-order valence-electron chi connectivity index (χ4n) is 3.79. The topological polar surface area (TPSA) is 41.6 Å². The maximum Gasteiger partial charge on any atom is 0.305 e. The number of hydrogen-bond acceptors (Lipinski definition) is 4. The van der Waals surface area contributed by atoms with E-state index in [1.807, 2.05) is 0 Å². The Kier molecular flexibility index (Phi) is 22.6. The molecule has 180 valence electrons. The molecule has 0 aliphatic carbocycles. The van der Waals surface area contributed by atoms with Crippen LogP contribution in [0, 0.1) is 5.92 Å². The van der Waals surface area contributed by atoms with Crippen molar-refractivity contribution >= 4 is 5.97 Å². The standard InChI is InChI=1S/C26H54N2O2/c1-5-7-9-11-12-15-19-25(18-14-10-8-6-2)24-30-26(29)20-16-13-17-21-27-22-23-28(3)4/h25,27H,5-24H2,1-4H3. The zero-order chi connectivity index (χ0) is 22.3. The second-order valence-corrected chi connectivity index (χ2v) is 9.32. The van der Waals surface area contributed by atoms with Crippen molar-refractivity contribution in [1.29, 1.82) is 0 Å². The summed E-state index contributed by atoms with van der Waals surface area (Å²) in [5.41, 5.74) is 0. The monoisotopic (exact) mass is 426 g/mol. The van der Waals surface area contributed by atoms with E-state index in [1.54, 1.807) is 0 Å². The smallest absolute Gasteiger partial charge is 0.305 e. The summed E-state index contributed by atoms with van der Waals surface area (Å²) in [6.45, 7) is 8.32. The van der Waals surface area contributed by atoms with E-state index in [0.717, 1.165) is 38.9 Å². The molecule has 0 aromatic heterocycles. The Morgan fingerprint density at radius 3 is 1.97 bits per heavy atom. The predicted octanol–water partition coefficient (Wildman–Crippen LogP) is 6.58. The van der Waals surface area contributed by atoms with Crippen LogP contribution < -0.4 is 5.32 Å². The van der Waals surface area contributed by atoms with Gasteiger partial charge in [-0.15, -0.1) is 0 Å². The van der Waals surface area contributed by atoms with Crippen LogP contribution in [-0.2, 0) is 9.53 Å². The average molecular weight is 427 g/mol. The molecule has 0 radical (unpaired) electrons. The SMILES string of the molecule is CCCCCCCCC(CCCCCC)COC(=O)CCCCCNCCN(C)C. The number of carbonyl (C=O) groups is 1. The largest absolute Gasteiger partial charge is 0.465 e. The van der Waals surface area contributed by atoms with E-state index in [1.165, 1.54) is 77.0 Å². The molecule has 0 bridgehead atoms. The van der Waals surface area contributed by atoms with E-state index in [9.17, 15) is 4.79 Å². The highest BCUT2D eigenvalue weighted by Gasteiger charge is 2.12. The predicted molar refractivity (Wildman–Crippen MR) is 131 cm³/mol. The number of rotatable bonds is 23. The first-order valence-corrected chi connectivity index (χ1v) is 13.1. The summed E-state index contributed by atoms with van der Waals surface area (Å²) in [5.74, 6) is 0.579. The molecule has 0 saturated heterocycles. The van der Waals surface area contributed by atoms with E-state index in [0.29, 0.717) is 18.9 Å². The summed E-state index contributed by atoms with van der Waals surface area (Å²) in [6.07, 6.45) is 19.5. The molecule has 4 heteroatoms. The third kappa shape index (κ3) is 22.1. The molecule has 0 aromatic rings. The molecule has 0 aliphatic rings. The van der Waals surface area contributed by atoms with E-state index >= 15 is 0 Å². The highest BCUT2D eigenvalue weighted by atomic mass is 16.5. The lowest BCUT2D eigenvalue weighted by Gasteiger charge is -2.17. The second-order valence-electron chi connectivity index (χ2n) is 9.32. The number of unbranched alkanes of at least 4 members (excludes halogenated alkanes) is 10. The quantitative estimate of drug-likeness (QED) is 0.148. The van der Waals surface area contributed by atoms with Gasteiger partial charge in [-0.2, -0.15) is 0 Å². The molecular formula is C26H54N2O2. The summed E-state index contributed by atoms with van der Waals surface area (Å²) >= 11 is 0. The molecule has 0 fully saturated rings. The molecule has 4 nitrogen and oxygen atoms in total. The lowest BCUT2D eigenvalue weighted by molar-refractivity contribution is -0.145. The van der Waals surface area contributed by atoms with Crippen LogP contribution in [0.5, 0.6) is 0 Å². The third-order valence-corrected chi connectivity index (χ3v) is 5.88. The summed E-state index contributed by atoms with van der Waals surface area (Å²) in [7, 11) is 4.19. The number of nitrogens with one attached hydrogen (secondary N) is 1. The van der Waals surface area contributed by atoms with Gasteiger partial charge in [-0.25, -0.2) is 0 Å². The minimum absolute atomic E-state index is 0.0112. The first-order valence-electron chi connectivity index (χ1n) is 13.1. The normalized spacial score (nSPS) is 12.4. The van der Waals surface area contributed by atoms with E-state index in [2.05, 4.69) is 38.2 Å². The van der Waals surface area contributed by atoms with Gasteiger partial charge < -0.3 is 15.0 Å². The number of likely N-dealkylation sites (N-methyl/N-ethyl adjacent to an activating group) is 1. The van der Waals surface area contributed by atoms with Crippen LogP contribution in [0.1, 0.15) is 117 Å². The van der Waals surface area contributed by atoms with Gasteiger partial charge in [-0.3, -0.25) is 4.79 Å². The molecule has 0 heterocycles. The minimum Gasteiger partial charge on any atom is -0.465 e. The van der Waals surface area contributed by atoms with Crippen LogP contribution in [0.25, 0.3) is 0 Å². The lowest BCUT2D eigenvalue weighted by Crippen LogP contribution is -2.27. The van der Waals surface area contributed by atoms with E-state index < -0.39 is 0 Å². The third-order valence-electron chi connectivity index (χ3n) is 5.88. The summed E-state index contributed by atoms with van der Waals surface area (Å²) in [6, 6.07) is 0. The number of esters is 1. The molecule has 0 rings (SSSR count). The van der Waals surface area contributed by atoms with Crippen molar-refractivity contribution in [3.05, 3.63) is 0 Å². The highest BCUT2D eigenvalue weighted by Crippen LogP contribution is 2.19.